The number of benzene rings is 3. The van der Waals surface area contributed by atoms with Crippen LogP contribution in [0.3, 0.4) is 0 Å². The fourth-order valence-corrected chi connectivity index (χ4v) is 4.56. The minimum absolute atomic E-state index is 0.131. The number of carbonyl (C=O) groups excluding carboxylic acids is 1. The second-order valence-corrected chi connectivity index (χ2v) is 8.91. The standard InChI is InChI=1S/C28H27ClN2O3/c1-20(32)27(23-9-5-8-22(16-23)17-30)34-26-18-31-15-14-28(26,24-10-12-25(29)13-11-24)33-19-21-6-3-2-4-7-21/h2-13,16,26-27,31H,14-15,18-19H2,1H3. The average molecular weight is 475 g/mol. The fraction of sp³-hybridized carbons (Fsp3) is 0.286. The molecule has 0 aromatic heterocycles. The van der Waals surface area contributed by atoms with Gasteiger partial charge in [-0.25, -0.2) is 0 Å². The van der Waals surface area contributed by atoms with E-state index in [9.17, 15) is 10.1 Å². The molecule has 3 aromatic carbocycles. The van der Waals surface area contributed by atoms with Gasteiger partial charge >= 0.3 is 0 Å². The lowest BCUT2D eigenvalue weighted by atomic mass is 9.82. The molecule has 0 radical (unpaired) electrons. The molecule has 5 nitrogen and oxygen atoms in total. The van der Waals surface area contributed by atoms with E-state index in [1.54, 1.807) is 18.2 Å². The Bertz CT molecular complexity index is 1160. The molecule has 3 aromatic rings. The van der Waals surface area contributed by atoms with Crippen LogP contribution in [-0.4, -0.2) is 25.0 Å². The number of hydrogen-bond donors (Lipinski definition) is 1. The van der Waals surface area contributed by atoms with Gasteiger partial charge in [-0.1, -0.05) is 66.2 Å². The molecular weight excluding hydrogens is 448 g/mol. The van der Waals surface area contributed by atoms with Crippen LogP contribution >= 0.6 is 11.6 Å². The van der Waals surface area contributed by atoms with Gasteiger partial charge in [0.1, 0.15) is 17.8 Å². The van der Waals surface area contributed by atoms with Crippen molar-refractivity contribution in [1.82, 2.24) is 5.32 Å². The topological polar surface area (TPSA) is 71.3 Å². The summed E-state index contributed by atoms with van der Waals surface area (Å²) in [6, 6.07) is 26.8. The van der Waals surface area contributed by atoms with Crippen LogP contribution in [0, 0.1) is 11.3 Å². The van der Waals surface area contributed by atoms with Gasteiger partial charge in [-0.2, -0.15) is 5.26 Å². The van der Waals surface area contributed by atoms with E-state index in [2.05, 4.69) is 11.4 Å². The number of Topliss-reactive ketones (excluding diaryl/α,β-unsaturated/α-hetero) is 1. The number of ketones is 1. The quantitative estimate of drug-likeness (QED) is 0.477. The first-order valence-corrected chi connectivity index (χ1v) is 11.7. The van der Waals surface area contributed by atoms with Crippen LogP contribution in [-0.2, 0) is 26.5 Å². The third-order valence-corrected chi connectivity index (χ3v) is 6.44. The minimum atomic E-state index is -0.815. The fourth-order valence-electron chi connectivity index (χ4n) is 4.43. The van der Waals surface area contributed by atoms with Crippen molar-refractivity contribution >= 4 is 17.4 Å². The molecule has 6 heteroatoms. The van der Waals surface area contributed by atoms with Gasteiger partial charge in [-0.05, 0) is 60.8 Å². The van der Waals surface area contributed by atoms with Crippen LogP contribution < -0.4 is 5.32 Å². The molecule has 1 heterocycles. The summed E-state index contributed by atoms with van der Waals surface area (Å²) < 4.78 is 13.2. The third kappa shape index (κ3) is 5.38. The molecule has 1 aliphatic heterocycles. The van der Waals surface area contributed by atoms with Gasteiger partial charge in [0.05, 0.1) is 18.2 Å². The summed E-state index contributed by atoms with van der Waals surface area (Å²) in [6.45, 7) is 3.16. The molecule has 0 bridgehead atoms. The van der Waals surface area contributed by atoms with Gasteiger partial charge in [-0.15, -0.1) is 0 Å². The number of piperidine rings is 1. The normalized spacial score (nSPS) is 20.9. The summed E-state index contributed by atoms with van der Waals surface area (Å²) in [5.41, 5.74) is 2.36. The zero-order chi connectivity index (χ0) is 24.0. The maximum atomic E-state index is 12.7. The number of carbonyl (C=O) groups is 1. The van der Waals surface area contributed by atoms with Crippen LogP contribution in [0.1, 0.15) is 41.7 Å². The summed E-state index contributed by atoms with van der Waals surface area (Å²) in [5, 5.41) is 13.4. The van der Waals surface area contributed by atoms with E-state index in [4.69, 9.17) is 21.1 Å². The third-order valence-electron chi connectivity index (χ3n) is 6.18. The van der Waals surface area contributed by atoms with E-state index in [0.29, 0.717) is 35.7 Å². The van der Waals surface area contributed by atoms with E-state index in [1.165, 1.54) is 6.92 Å². The van der Waals surface area contributed by atoms with Crippen molar-refractivity contribution < 1.29 is 14.3 Å². The Kier molecular flexibility index (Phi) is 7.77. The zero-order valence-corrected chi connectivity index (χ0v) is 19.8. The van der Waals surface area contributed by atoms with Crippen molar-refractivity contribution in [3.8, 4) is 6.07 Å². The lowest BCUT2D eigenvalue weighted by Crippen LogP contribution is -2.55. The SMILES string of the molecule is CC(=O)C(OC1CNCCC1(OCc1ccccc1)c1ccc(Cl)cc1)c1cccc(C#N)c1. The van der Waals surface area contributed by atoms with Gasteiger partial charge in [-0.3, -0.25) is 4.79 Å². The number of rotatable bonds is 8. The van der Waals surface area contributed by atoms with E-state index in [-0.39, 0.29) is 5.78 Å². The average Bonchev–Trinajstić information content (AvgIpc) is 2.87. The largest absolute Gasteiger partial charge is 0.363 e. The van der Waals surface area contributed by atoms with Gasteiger partial charge in [0.2, 0.25) is 0 Å². The monoisotopic (exact) mass is 474 g/mol. The maximum Gasteiger partial charge on any atom is 0.163 e. The Balaban J connectivity index is 1.71. The van der Waals surface area contributed by atoms with Crippen molar-refractivity contribution in [2.45, 2.75) is 37.8 Å². The predicted molar refractivity (Wildman–Crippen MR) is 131 cm³/mol. The Morgan fingerprint density at radius 3 is 2.62 bits per heavy atom. The molecule has 0 aliphatic carbocycles. The molecule has 0 amide bonds. The molecule has 3 atom stereocenters. The minimum Gasteiger partial charge on any atom is -0.363 e. The van der Waals surface area contributed by atoms with Crippen molar-refractivity contribution in [3.63, 3.8) is 0 Å². The second-order valence-electron chi connectivity index (χ2n) is 8.48. The van der Waals surface area contributed by atoms with Gasteiger partial charge in [0, 0.05) is 11.6 Å². The summed E-state index contributed by atoms with van der Waals surface area (Å²) >= 11 is 6.18. The van der Waals surface area contributed by atoms with Crippen molar-refractivity contribution in [2.75, 3.05) is 13.1 Å². The summed E-state index contributed by atoms with van der Waals surface area (Å²) in [4.78, 5) is 12.7. The first kappa shape index (κ1) is 24.1. The van der Waals surface area contributed by atoms with Crippen LogP contribution in [0.15, 0.2) is 78.9 Å². The lowest BCUT2D eigenvalue weighted by molar-refractivity contribution is -0.191. The van der Waals surface area contributed by atoms with Crippen molar-refractivity contribution in [1.29, 1.82) is 5.26 Å². The molecule has 174 valence electrons. The molecular formula is C28H27ClN2O3. The highest BCUT2D eigenvalue weighted by molar-refractivity contribution is 6.30. The van der Waals surface area contributed by atoms with Gasteiger partial charge < -0.3 is 14.8 Å². The van der Waals surface area contributed by atoms with E-state index >= 15 is 0 Å². The number of nitrogens with zero attached hydrogens (tertiary/aromatic N) is 1. The Morgan fingerprint density at radius 1 is 1.15 bits per heavy atom. The Labute approximate surface area is 205 Å². The van der Waals surface area contributed by atoms with Crippen LogP contribution in [0.2, 0.25) is 5.02 Å². The van der Waals surface area contributed by atoms with Crippen LogP contribution in [0.25, 0.3) is 0 Å². The molecule has 1 aliphatic rings. The second kappa shape index (κ2) is 10.9. The molecule has 0 saturated carbocycles. The van der Waals surface area contributed by atoms with Crippen molar-refractivity contribution in [2.24, 2.45) is 0 Å². The highest BCUT2D eigenvalue weighted by Crippen LogP contribution is 2.40. The van der Waals surface area contributed by atoms with E-state index in [1.807, 2.05) is 60.7 Å². The summed E-state index contributed by atoms with van der Waals surface area (Å²) in [7, 11) is 0. The molecule has 1 saturated heterocycles. The smallest absolute Gasteiger partial charge is 0.163 e. The molecule has 4 rings (SSSR count). The number of nitrogens with one attached hydrogen (secondary N) is 1. The predicted octanol–water partition coefficient (Wildman–Crippen LogP) is 5.33. The molecule has 0 spiro atoms. The molecule has 34 heavy (non-hydrogen) atoms. The summed E-state index contributed by atoms with van der Waals surface area (Å²) in [5.74, 6) is -0.131. The number of ether oxygens (including phenoxy) is 2. The number of hydrogen-bond acceptors (Lipinski definition) is 5. The highest BCUT2D eigenvalue weighted by Gasteiger charge is 2.46. The first-order chi connectivity index (χ1) is 16.5. The molecule has 3 unspecified atom stereocenters. The van der Waals surface area contributed by atoms with E-state index < -0.39 is 17.8 Å². The van der Waals surface area contributed by atoms with Gasteiger partial charge in [0.15, 0.2) is 5.78 Å². The van der Waals surface area contributed by atoms with Crippen molar-refractivity contribution in [3.05, 3.63) is 106 Å². The Morgan fingerprint density at radius 2 is 1.91 bits per heavy atom. The maximum absolute atomic E-state index is 12.7. The highest BCUT2D eigenvalue weighted by atomic mass is 35.5. The molecule has 1 fully saturated rings. The van der Waals surface area contributed by atoms with E-state index in [0.717, 1.165) is 17.7 Å². The van der Waals surface area contributed by atoms with Crippen LogP contribution in [0.5, 0.6) is 0 Å². The molecule has 1 N–H and O–H groups in total. The number of halogens is 1. The number of nitriles is 1. The zero-order valence-electron chi connectivity index (χ0n) is 19.0. The lowest BCUT2D eigenvalue weighted by Gasteiger charge is -2.45. The van der Waals surface area contributed by atoms with Crippen LogP contribution in [0.4, 0.5) is 0 Å². The van der Waals surface area contributed by atoms with Gasteiger partial charge in [0.25, 0.3) is 0 Å². The summed E-state index contributed by atoms with van der Waals surface area (Å²) in [6.07, 6.45) is -0.606. The Hall–Kier alpha value is -3.01. The first-order valence-electron chi connectivity index (χ1n) is 11.3.